The van der Waals surface area contributed by atoms with Gasteiger partial charge in [0.15, 0.2) is 0 Å². The quantitative estimate of drug-likeness (QED) is 0.794. The van der Waals surface area contributed by atoms with Crippen LogP contribution >= 0.6 is 11.5 Å². The first-order valence-corrected chi connectivity index (χ1v) is 6.58. The van der Waals surface area contributed by atoms with Crippen molar-refractivity contribution >= 4 is 17.4 Å². The summed E-state index contributed by atoms with van der Waals surface area (Å²) >= 11 is 1.21. The van der Waals surface area contributed by atoms with Gasteiger partial charge in [0.2, 0.25) is 0 Å². The van der Waals surface area contributed by atoms with Crippen LogP contribution in [-0.4, -0.2) is 33.5 Å². The van der Waals surface area contributed by atoms with Crippen LogP contribution in [0.25, 0.3) is 0 Å². The number of hydrogen-bond donors (Lipinski definition) is 0. The van der Waals surface area contributed by atoms with Crippen molar-refractivity contribution in [2.45, 2.75) is 33.1 Å². The van der Waals surface area contributed by atoms with Crippen LogP contribution in [0.2, 0.25) is 0 Å². The van der Waals surface area contributed by atoms with Crippen LogP contribution in [-0.2, 0) is 0 Å². The molecule has 5 heteroatoms. The topological polar surface area (TPSA) is 46.1 Å². The number of carbonyl (C=O) groups is 1. The highest BCUT2D eigenvalue weighted by atomic mass is 32.1. The van der Waals surface area contributed by atoms with Crippen LogP contribution in [0.1, 0.15) is 41.6 Å². The van der Waals surface area contributed by atoms with Crippen molar-refractivity contribution in [1.29, 1.82) is 0 Å². The standard InChI is InChI=1S/C11H17N3OS/c1-3-9-4-6-14(7-5-9)11(15)10-8(2)12-13-16-10/h9H,3-7H2,1-2H3. The van der Waals surface area contributed by atoms with Crippen LogP contribution in [0.5, 0.6) is 0 Å². The third-order valence-corrected chi connectivity index (χ3v) is 4.14. The maximum Gasteiger partial charge on any atom is 0.267 e. The van der Waals surface area contributed by atoms with Crippen molar-refractivity contribution < 1.29 is 4.79 Å². The third-order valence-electron chi connectivity index (χ3n) is 3.32. The number of nitrogens with zero attached hydrogens (tertiary/aromatic N) is 3. The minimum Gasteiger partial charge on any atom is -0.338 e. The SMILES string of the molecule is CCC1CCN(C(=O)c2snnc2C)CC1. The van der Waals surface area contributed by atoms with Crippen molar-refractivity contribution in [1.82, 2.24) is 14.5 Å². The molecule has 0 unspecified atom stereocenters. The Morgan fingerprint density at radius 2 is 2.19 bits per heavy atom. The molecule has 0 spiro atoms. The monoisotopic (exact) mass is 239 g/mol. The Balaban J connectivity index is 2.00. The summed E-state index contributed by atoms with van der Waals surface area (Å²) in [6.07, 6.45) is 3.49. The van der Waals surface area contributed by atoms with Gasteiger partial charge in [-0.1, -0.05) is 17.8 Å². The second-order valence-corrected chi connectivity index (χ2v) is 5.09. The van der Waals surface area contributed by atoms with Gasteiger partial charge in [0, 0.05) is 13.1 Å². The van der Waals surface area contributed by atoms with Gasteiger partial charge in [0.1, 0.15) is 4.88 Å². The number of rotatable bonds is 2. The van der Waals surface area contributed by atoms with E-state index in [1.165, 1.54) is 18.0 Å². The van der Waals surface area contributed by atoms with Crippen LogP contribution in [0.4, 0.5) is 0 Å². The Morgan fingerprint density at radius 1 is 1.50 bits per heavy atom. The molecule has 1 aromatic rings. The molecule has 1 amide bonds. The zero-order valence-corrected chi connectivity index (χ0v) is 10.6. The van der Waals surface area contributed by atoms with Crippen LogP contribution in [0, 0.1) is 12.8 Å². The first kappa shape index (κ1) is 11.5. The molecule has 1 aliphatic heterocycles. The minimum absolute atomic E-state index is 0.113. The maximum absolute atomic E-state index is 12.1. The third kappa shape index (κ3) is 2.24. The molecule has 2 heterocycles. The lowest BCUT2D eigenvalue weighted by Gasteiger charge is -2.31. The van der Waals surface area contributed by atoms with Gasteiger partial charge in [-0.25, -0.2) is 0 Å². The van der Waals surface area contributed by atoms with Gasteiger partial charge in [0.25, 0.3) is 5.91 Å². The Bertz CT molecular complexity index is 369. The number of likely N-dealkylation sites (tertiary alicyclic amines) is 1. The molecule has 0 saturated carbocycles. The average Bonchev–Trinajstić information content (AvgIpc) is 2.75. The summed E-state index contributed by atoms with van der Waals surface area (Å²) in [5, 5.41) is 3.88. The van der Waals surface area contributed by atoms with Crippen molar-refractivity contribution in [2.75, 3.05) is 13.1 Å². The molecule has 1 saturated heterocycles. The number of amides is 1. The van der Waals surface area contributed by atoms with Gasteiger partial charge in [-0.05, 0) is 37.2 Å². The summed E-state index contributed by atoms with van der Waals surface area (Å²) < 4.78 is 3.81. The highest BCUT2D eigenvalue weighted by molar-refractivity contribution is 7.07. The summed E-state index contributed by atoms with van der Waals surface area (Å²) in [7, 11) is 0. The lowest BCUT2D eigenvalue weighted by Crippen LogP contribution is -2.38. The van der Waals surface area contributed by atoms with Crippen LogP contribution in [0.3, 0.4) is 0 Å². The van der Waals surface area contributed by atoms with Gasteiger partial charge in [0.05, 0.1) is 5.69 Å². The van der Waals surface area contributed by atoms with Crippen LogP contribution in [0.15, 0.2) is 0 Å². The molecule has 0 N–H and O–H groups in total. The summed E-state index contributed by atoms with van der Waals surface area (Å²) in [6, 6.07) is 0. The predicted molar refractivity (Wildman–Crippen MR) is 63.6 cm³/mol. The summed E-state index contributed by atoms with van der Waals surface area (Å²) in [5.74, 6) is 0.909. The average molecular weight is 239 g/mol. The Labute approximate surface area is 99.8 Å². The summed E-state index contributed by atoms with van der Waals surface area (Å²) in [6.45, 7) is 5.83. The van der Waals surface area contributed by atoms with E-state index in [4.69, 9.17) is 0 Å². The number of carbonyl (C=O) groups excluding carboxylic acids is 1. The van der Waals surface area contributed by atoms with E-state index in [1.807, 2.05) is 11.8 Å². The lowest BCUT2D eigenvalue weighted by molar-refractivity contribution is 0.0693. The van der Waals surface area contributed by atoms with E-state index in [2.05, 4.69) is 16.5 Å². The van der Waals surface area contributed by atoms with E-state index in [1.54, 1.807) is 0 Å². The molecule has 2 rings (SSSR count). The summed E-state index contributed by atoms with van der Waals surface area (Å²) in [4.78, 5) is 14.8. The fraction of sp³-hybridized carbons (Fsp3) is 0.727. The van der Waals surface area contributed by atoms with Crippen molar-refractivity contribution in [3.05, 3.63) is 10.6 Å². The van der Waals surface area contributed by atoms with Gasteiger partial charge < -0.3 is 4.90 Å². The molecule has 0 aliphatic carbocycles. The van der Waals surface area contributed by atoms with Crippen molar-refractivity contribution in [3.8, 4) is 0 Å². The van der Waals surface area contributed by atoms with E-state index in [9.17, 15) is 4.79 Å². The van der Waals surface area contributed by atoms with E-state index in [0.717, 1.165) is 37.5 Å². The number of hydrogen-bond acceptors (Lipinski definition) is 4. The van der Waals surface area contributed by atoms with E-state index >= 15 is 0 Å². The molecule has 4 nitrogen and oxygen atoms in total. The second-order valence-electron chi connectivity index (χ2n) is 4.33. The van der Waals surface area contributed by atoms with E-state index in [-0.39, 0.29) is 5.91 Å². The lowest BCUT2D eigenvalue weighted by atomic mass is 9.94. The molecule has 1 aromatic heterocycles. The first-order valence-electron chi connectivity index (χ1n) is 5.80. The molecule has 16 heavy (non-hydrogen) atoms. The Hall–Kier alpha value is -0.970. The zero-order valence-electron chi connectivity index (χ0n) is 9.77. The highest BCUT2D eigenvalue weighted by Crippen LogP contribution is 2.22. The largest absolute Gasteiger partial charge is 0.338 e. The first-order chi connectivity index (χ1) is 7.72. The Kier molecular flexibility index (Phi) is 3.53. The van der Waals surface area contributed by atoms with Gasteiger partial charge in [-0.2, -0.15) is 0 Å². The molecule has 88 valence electrons. The summed E-state index contributed by atoms with van der Waals surface area (Å²) in [5.41, 5.74) is 0.757. The van der Waals surface area contributed by atoms with Gasteiger partial charge in [-0.15, -0.1) is 5.10 Å². The van der Waals surface area contributed by atoms with Gasteiger partial charge in [-0.3, -0.25) is 4.79 Å². The predicted octanol–water partition coefficient (Wildman–Crippen LogP) is 2.11. The van der Waals surface area contributed by atoms with E-state index in [0.29, 0.717) is 4.88 Å². The maximum atomic E-state index is 12.1. The smallest absolute Gasteiger partial charge is 0.267 e. The molecule has 0 aromatic carbocycles. The van der Waals surface area contributed by atoms with Crippen LogP contribution < -0.4 is 0 Å². The minimum atomic E-state index is 0.113. The molecule has 1 aliphatic rings. The second kappa shape index (κ2) is 4.91. The molecule has 0 atom stereocenters. The molecular formula is C11H17N3OS. The zero-order chi connectivity index (χ0) is 11.5. The number of aromatic nitrogens is 2. The van der Waals surface area contributed by atoms with Gasteiger partial charge >= 0.3 is 0 Å². The van der Waals surface area contributed by atoms with E-state index < -0.39 is 0 Å². The van der Waals surface area contributed by atoms with Crippen molar-refractivity contribution in [3.63, 3.8) is 0 Å². The molecule has 1 fully saturated rings. The molecular weight excluding hydrogens is 222 g/mol. The Morgan fingerprint density at radius 3 is 2.69 bits per heavy atom. The number of aryl methyl sites for hydroxylation is 1. The highest BCUT2D eigenvalue weighted by Gasteiger charge is 2.25. The molecule has 0 bridgehead atoms. The molecule has 0 radical (unpaired) electrons. The van der Waals surface area contributed by atoms with Crippen molar-refractivity contribution in [2.24, 2.45) is 5.92 Å². The fourth-order valence-electron chi connectivity index (χ4n) is 2.12. The normalized spacial score (nSPS) is 17.8. The fourth-order valence-corrected chi connectivity index (χ4v) is 2.74. The number of piperidine rings is 1.